The van der Waals surface area contributed by atoms with Crippen LogP contribution < -0.4 is 4.74 Å². The quantitative estimate of drug-likeness (QED) is 0.649. The maximum atomic E-state index is 12.9. The Morgan fingerprint density at radius 3 is 2.45 bits per heavy atom. The fourth-order valence-corrected chi connectivity index (χ4v) is 4.91. The Morgan fingerprint density at radius 2 is 1.72 bits per heavy atom. The summed E-state index contributed by atoms with van der Waals surface area (Å²) in [5.41, 5.74) is 1.62. The Kier molecular flexibility index (Phi) is 7.05. The molecular weight excluding hydrogens is 388 g/mol. The van der Waals surface area contributed by atoms with Crippen LogP contribution in [0.25, 0.3) is 0 Å². The van der Waals surface area contributed by atoms with Crippen molar-refractivity contribution in [1.29, 1.82) is 0 Å². The number of Topliss-reactive ketones (excluding diaryl/α,β-unsaturated/α-hetero) is 1. The van der Waals surface area contributed by atoms with Crippen molar-refractivity contribution in [1.82, 2.24) is 9.21 Å². The van der Waals surface area contributed by atoms with Crippen molar-refractivity contribution in [2.45, 2.75) is 25.2 Å². The topological polar surface area (TPSA) is 66.9 Å². The first kappa shape index (κ1) is 21.5. The van der Waals surface area contributed by atoms with Crippen molar-refractivity contribution in [3.8, 4) is 5.75 Å². The van der Waals surface area contributed by atoms with Crippen molar-refractivity contribution in [2.75, 3.05) is 39.3 Å². The van der Waals surface area contributed by atoms with Crippen molar-refractivity contribution in [3.05, 3.63) is 59.7 Å². The highest BCUT2D eigenvalue weighted by atomic mass is 32.2. The highest BCUT2D eigenvalue weighted by Gasteiger charge is 2.26. The number of benzene rings is 2. The van der Waals surface area contributed by atoms with Gasteiger partial charge in [0.15, 0.2) is 5.78 Å². The number of hydrogen-bond donors (Lipinski definition) is 0. The molecule has 0 N–H and O–H groups in total. The molecule has 156 valence electrons. The molecule has 1 aliphatic rings. The van der Waals surface area contributed by atoms with Crippen LogP contribution in [0.15, 0.2) is 53.4 Å². The summed E-state index contributed by atoms with van der Waals surface area (Å²) < 4.78 is 33.2. The molecular formula is C22H28N2O4S. The summed E-state index contributed by atoms with van der Waals surface area (Å²) in [6.45, 7) is 7.05. The minimum absolute atomic E-state index is 0.0210. The van der Waals surface area contributed by atoms with Gasteiger partial charge in [-0.25, -0.2) is 8.42 Å². The second kappa shape index (κ2) is 9.52. The highest BCUT2D eigenvalue weighted by molar-refractivity contribution is 7.89. The number of ketones is 1. The van der Waals surface area contributed by atoms with Crippen LogP contribution in [-0.4, -0.2) is 62.7 Å². The molecule has 0 atom stereocenters. The molecule has 0 aromatic heterocycles. The van der Waals surface area contributed by atoms with Crippen LogP contribution in [-0.2, 0) is 10.0 Å². The molecule has 29 heavy (non-hydrogen) atoms. The van der Waals surface area contributed by atoms with Gasteiger partial charge in [-0.2, -0.15) is 4.31 Å². The standard InChI is InChI=1S/C22H28N2O4S/c1-18-8-10-20(11-9-18)29(26,27)24-13-5-12-23(14-15-24)16-17-28-22-7-4-3-6-21(22)19(2)25/h3-4,6-11H,5,12-17H2,1-2H3. The van der Waals surface area contributed by atoms with Crippen LogP contribution in [0.5, 0.6) is 5.75 Å². The van der Waals surface area contributed by atoms with Gasteiger partial charge < -0.3 is 4.74 Å². The van der Waals surface area contributed by atoms with E-state index in [1.165, 1.54) is 6.92 Å². The third-order valence-electron chi connectivity index (χ3n) is 5.14. The number of rotatable bonds is 7. The van der Waals surface area contributed by atoms with Gasteiger partial charge >= 0.3 is 0 Å². The van der Waals surface area contributed by atoms with E-state index in [4.69, 9.17) is 4.74 Å². The summed E-state index contributed by atoms with van der Waals surface area (Å²) in [4.78, 5) is 14.2. The maximum Gasteiger partial charge on any atom is 0.243 e. The second-order valence-corrected chi connectivity index (χ2v) is 9.25. The van der Waals surface area contributed by atoms with Gasteiger partial charge in [0.2, 0.25) is 10.0 Å². The van der Waals surface area contributed by atoms with Gasteiger partial charge in [0.1, 0.15) is 12.4 Å². The summed E-state index contributed by atoms with van der Waals surface area (Å²) in [6.07, 6.45) is 0.773. The lowest BCUT2D eigenvalue weighted by Gasteiger charge is -2.22. The Morgan fingerprint density at radius 1 is 1.00 bits per heavy atom. The highest BCUT2D eigenvalue weighted by Crippen LogP contribution is 2.20. The maximum absolute atomic E-state index is 12.9. The molecule has 6 nitrogen and oxygen atoms in total. The Balaban J connectivity index is 1.55. The van der Waals surface area contributed by atoms with Gasteiger partial charge in [0.25, 0.3) is 0 Å². The van der Waals surface area contributed by atoms with E-state index >= 15 is 0 Å². The van der Waals surface area contributed by atoms with Crippen LogP contribution in [0.4, 0.5) is 0 Å². The van der Waals surface area contributed by atoms with E-state index in [0.29, 0.717) is 49.0 Å². The van der Waals surface area contributed by atoms with E-state index in [1.807, 2.05) is 31.2 Å². The Hall–Kier alpha value is -2.22. The summed E-state index contributed by atoms with van der Waals surface area (Å²) in [5, 5.41) is 0. The molecule has 0 bridgehead atoms. The first-order chi connectivity index (χ1) is 13.9. The van der Waals surface area contributed by atoms with Crippen LogP contribution >= 0.6 is 0 Å². The number of hydrogen-bond acceptors (Lipinski definition) is 5. The monoisotopic (exact) mass is 416 g/mol. The smallest absolute Gasteiger partial charge is 0.243 e. The minimum Gasteiger partial charge on any atom is -0.491 e. The molecule has 0 unspecified atom stereocenters. The SMILES string of the molecule is CC(=O)c1ccccc1OCCN1CCCN(S(=O)(=O)c2ccc(C)cc2)CC1. The fraction of sp³-hybridized carbons (Fsp3) is 0.409. The van der Waals surface area contributed by atoms with Gasteiger partial charge in [0.05, 0.1) is 10.5 Å². The summed E-state index contributed by atoms with van der Waals surface area (Å²) in [6, 6.07) is 14.2. The number of nitrogens with zero attached hydrogens (tertiary/aromatic N) is 2. The molecule has 7 heteroatoms. The van der Waals surface area contributed by atoms with E-state index in [1.54, 1.807) is 28.6 Å². The number of carbonyl (C=O) groups excluding carboxylic acids is 1. The largest absolute Gasteiger partial charge is 0.491 e. The number of aryl methyl sites for hydroxylation is 1. The Labute approximate surface area is 173 Å². The second-order valence-electron chi connectivity index (χ2n) is 7.31. The lowest BCUT2D eigenvalue weighted by Crippen LogP contribution is -2.36. The van der Waals surface area contributed by atoms with Crippen molar-refractivity contribution in [3.63, 3.8) is 0 Å². The zero-order valence-electron chi connectivity index (χ0n) is 17.0. The normalized spacial score (nSPS) is 16.3. The van der Waals surface area contributed by atoms with Crippen LogP contribution in [0.3, 0.4) is 0 Å². The molecule has 1 saturated heterocycles. The van der Waals surface area contributed by atoms with E-state index < -0.39 is 10.0 Å². The average molecular weight is 417 g/mol. The number of ether oxygens (including phenoxy) is 1. The molecule has 2 aromatic rings. The lowest BCUT2D eigenvalue weighted by molar-refractivity contribution is 0.101. The third-order valence-corrected chi connectivity index (χ3v) is 7.05. The first-order valence-electron chi connectivity index (χ1n) is 9.90. The summed E-state index contributed by atoms with van der Waals surface area (Å²) in [5.74, 6) is 0.575. The molecule has 0 saturated carbocycles. The lowest BCUT2D eigenvalue weighted by atomic mass is 10.1. The number of sulfonamides is 1. The molecule has 0 radical (unpaired) electrons. The van der Waals surface area contributed by atoms with E-state index in [2.05, 4.69) is 4.90 Å². The molecule has 0 spiro atoms. The van der Waals surface area contributed by atoms with Crippen LogP contribution in [0, 0.1) is 6.92 Å². The summed E-state index contributed by atoms with van der Waals surface area (Å²) >= 11 is 0. The van der Waals surface area contributed by atoms with Gasteiger partial charge in [-0.15, -0.1) is 0 Å². The minimum atomic E-state index is -3.47. The molecule has 1 heterocycles. The zero-order chi connectivity index (χ0) is 20.9. The summed E-state index contributed by atoms with van der Waals surface area (Å²) in [7, 11) is -3.47. The van der Waals surface area contributed by atoms with E-state index in [9.17, 15) is 13.2 Å². The van der Waals surface area contributed by atoms with Crippen molar-refractivity contribution < 1.29 is 17.9 Å². The zero-order valence-corrected chi connectivity index (χ0v) is 17.8. The molecule has 1 aliphatic heterocycles. The van der Waals surface area contributed by atoms with Gasteiger partial charge in [0, 0.05) is 26.2 Å². The van der Waals surface area contributed by atoms with Crippen LogP contribution in [0.2, 0.25) is 0 Å². The first-order valence-corrected chi connectivity index (χ1v) is 11.3. The Bertz CT molecular complexity index is 942. The van der Waals surface area contributed by atoms with E-state index in [0.717, 1.165) is 18.5 Å². The third kappa shape index (κ3) is 5.44. The van der Waals surface area contributed by atoms with Crippen LogP contribution in [0.1, 0.15) is 29.3 Å². The van der Waals surface area contributed by atoms with Gasteiger partial charge in [-0.05, 0) is 51.1 Å². The predicted octanol–water partition coefficient (Wildman–Crippen LogP) is 2.97. The van der Waals surface area contributed by atoms with Gasteiger partial charge in [-0.1, -0.05) is 29.8 Å². The predicted molar refractivity (Wildman–Crippen MR) is 113 cm³/mol. The van der Waals surface area contributed by atoms with E-state index in [-0.39, 0.29) is 5.78 Å². The number of para-hydroxylation sites is 1. The van der Waals surface area contributed by atoms with Crippen molar-refractivity contribution >= 4 is 15.8 Å². The molecule has 2 aromatic carbocycles. The average Bonchev–Trinajstić information content (AvgIpc) is 2.95. The molecule has 3 rings (SSSR count). The molecule has 1 fully saturated rings. The molecule has 0 aliphatic carbocycles. The van der Waals surface area contributed by atoms with Gasteiger partial charge in [-0.3, -0.25) is 9.69 Å². The fourth-order valence-electron chi connectivity index (χ4n) is 3.44. The number of carbonyl (C=O) groups is 1. The molecule has 0 amide bonds. The van der Waals surface area contributed by atoms with Crippen molar-refractivity contribution in [2.24, 2.45) is 0 Å².